The second kappa shape index (κ2) is 10.9. The fourth-order valence-electron chi connectivity index (χ4n) is 4.28. The molecule has 1 fully saturated rings. The monoisotopic (exact) mass is 483 g/mol. The van der Waals surface area contributed by atoms with E-state index in [2.05, 4.69) is 10.6 Å². The molecule has 1 saturated heterocycles. The number of ether oxygens (including phenoxy) is 1. The second-order valence-corrected chi connectivity index (χ2v) is 10.6. The number of esters is 1. The molecule has 2 aliphatic rings. The van der Waals surface area contributed by atoms with E-state index in [9.17, 15) is 14.4 Å². The maximum atomic E-state index is 12.6. The van der Waals surface area contributed by atoms with E-state index in [0.717, 1.165) is 44.1 Å². The Morgan fingerprint density at radius 3 is 2.53 bits per heavy atom. The van der Waals surface area contributed by atoms with Crippen LogP contribution in [0.5, 0.6) is 0 Å². The minimum absolute atomic E-state index is 0.0878. The molecule has 1 aliphatic carbocycles. The van der Waals surface area contributed by atoms with Crippen molar-refractivity contribution in [3.63, 3.8) is 0 Å². The first-order valence-corrected chi connectivity index (χ1v) is 12.8. The Labute approximate surface area is 199 Å². The predicted octanol–water partition coefficient (Wildman–Crippen LogP) is 4.43. The number of thiophene rings is 1. The summed E-state index contributed by atoms with van der Waals surface area (Å²) in [5.74, 6) is 0.335. The number of alkyl halides is 1. The van der Waals surface area contributed by atoms with Gasteiger partial charge in [0, 0.05) is 30.4 Å². The summed E-state index contributed by atoms with van der Waals surface area (Å²) in [5.41, 5.74) is 1.01. The van der Waals surface area contributed by atoms with Crippen LogP contribution in [0.1, 0.15) is 67.3 Å². The van der Waals surface area contributed by atoms with Crippen LogP contribution in [-0.2, 0) is 22.4 Å². The Morgan fingerprint density at radius 2 is 1.88 bits per heavy atom. The van der Waals surface area contributed by atoms with Crippen molar-refractivity contribution in [1.29, 1.82) is 0 Å². The molecule has 3 rings (SSSR count). The minimum Gasteiger partial charge on any atom is -0.462 e. The maximum absolute atomic E-state index is 12.6. The van der Waals surface area contributed by atoms with E-state index in [-0.39, 0.29) is 17.9 Å². The number of nitrogens with zero attached hydrogens (tertiary/aromatic N) is 1. The van der Waals surface area contributed by atoms with Gasteiger partial charge in [0.25, 0.3) is 0 Å². The minimum atomic E-state index is -0.553. The summed E-state index contributed by atoms with van der Waals surface area (Å²) in [6.45, 7) is 7.72. The Morgan fingerprint density at radius 1 is 1.19 bits per heavy atom. The van der Waals surface area contributed by atoms with Gasteiger partial charge in [-0.05, 0) is 70.8 Å². The fourth-order valence-corrected chi connectivity index (χ4v) is 5.67. The van der Waals surface area contributed by atoms with Crippen molar-refractivity contribution in [2.75, 3.05) is 37.4 Å². The molecule has 0 aromatic carbocycles. The van der Waals surface area contributed by atoms with Crippen molar-refractivity contribution >= 4 is 45.8 Å². The van der Waals surface area contributed by atoms with Crippen molar-refractivity contribution in [3.05, 3.63) is 16.0 Å². The van der Waals surface area contributed by atoms with E-state index in [1.807, 2.05) is 18.7 Å². The molecule has 178 valence electrons. The normalized spacial score (nSPS) is 16.9. The number of carbonyl (C=O) groups is 3. The van der Waals surface area contributed by atoms with Gasteiger partial charge in [0.05, 0.1) is 17.6 Å². The van der Waals surface area contributed by atoms with Crippen LogP contribution in [0.25, 0.3) is 0 Å². The molecule has 1 aromatic rings. The molecule has 0 bridgehead atoms. The second-order valence-electron chi connectivity index (χ2n) is 9.22. The van der Waals surface area contributed by atoms with Crippen molar-refractivity contribution in [2.45, 2.75) is 59.3 Å². The van der Waals surface area contributed by atoms with E-state index in [1.165, 1.54) is 16.2 Å². The first-order chi connectivity index (χ1) is 15.3. The van der Waals surface area contributed by atoms with Crippen molar-refractivity contribution < 1.29 is 19.1 Å². The van der Waals surface area contributed by atoms with Crippen LogP contribution in [0.2, 0.25) is 0 Å². The molecule has 0 atom stereocenters. The summed E-state index contributed by atoms with van der Waals surface area (Å²) >= 11 is 7.42. The number of nitrogens with one attached hydrogen (secondary N) is 2. The van der Waals surface area contributed by atoms with Gasteiger partial charge in [-0.1, -0.05) is 0 Å². The topological polar surface area (TPSA) is 87.7 Å². The highest BCUT2D eigenvalue weighted by atomic mass is 35.5. The lowest BCUT2D eigenvalue weighted by Crippen LogP contribution is -2.47. The van der Waals surface area contributed by atoms with Gasteiger partial charge in [0.1, 0.15) is 5.00 Å². The average molecular weight is 484 g/mol. The zero-order valence-electron chi connectivity index (χ0n) is 19.2. The van der Waals surface area contributed by atoms with Crippen LogP contribution in [-0.4, -0.2) is 54.9 Å². The smallest absolute Gasteiger partial charge is 0.341 e. The lowest BCUT2D eigenvalue weighted by atomic mass is 9.91. The Bertz CT molecular complexity index is 847. The predicted molar refractivity (Wildman–Crippen MR) is 128 cm³/mol. The van der Waals surface area contributed by atoms with E-state index >= 15 is 0 Å². The third-order valence-electron chi connectivity index (χ3n) is 6.24. The van der Waals surface area contributed by atoms with Crippen LogP contribution in [0.15, 0.2) is 0 Å². The Hall–Kier alpha value is -1.80. The highest BCUT2D eigenvalue weighted by Crippen LogP contribution is 2.38. The summed E-state index contributed by atoms with van der Waals surface area (Å²) in [6, 6.07) is -0.309. The van der Waals surface area contributed by atoms with Crippen molar-refractivity contribution in [3.8, 4) is 0 Å². The quantitative estimate of drug-likeness (QED) is 0.443. The van der Waals surface area contributed by atoms with Gasteiger partial charge in [-0.25, -0.2) is 9.59 Å². The molecule has 9 heteroatoms. The molecule has 0 saturated carbocycles. The fraction of sp³-hybridized carbons (Fsp3) is 0.696. The molecule has 0 radical (unpaired) electrons. The van der Waals surface area contributed by atoms with Crippen molar-refractivity contribution in [2.24, 2.45) is 11.3 Å². The Balaban J connectivity index is 1.53. The van der Waals surface area contributed by atoms with Crippen LogP contribution < -0.4 is 10.6 Å². The molecule has 0 spiro atoms. The van der Waals surface area contributed by atoms with Crippen LogP contribution in [0.4, 0.5) is 9.80 Å². The summed E-state index contributed by atoms with van der Waals surface area (Å²) in [5, 5.41) is 6.41. The molecule has 7 nitrogen and oxygen atoms in total. The van der Waals surface area contributed by atoms with Crippen LogP contribution >= 0.6 is 22.9 Å². The number of hydrogen-bond acceptors (Lipinski definition) is 5. The van der Waals surface area contributed by atoms with Gasteiger partial charge in [0.15, 0.2) is 0 Å². The van der Waals surface area contributed by atoms with Gasteiger partial charge in [0.2, 0.25) is 5.91 Å². The lowest BCUT2D eigenvalue weighted by molar-refractivity contribution is -0.140. The number of carbonyl (C=O) groups excluding carboxylic acids is 3. The van der Waals surface area contributed by atoms with Crippen LogP contribution in [0.3, 0.4) is 0 Å². The molecule has 3 amide bonds. The molecule has 2 N–H and O–H groups in total. The summed E-state index contributed by atoms with van der Waals surface area (Å²) in [7, 11) is 0. The lowest BCUT2D eigenvalue weighted by Gasteiger charge is -2.36. The molecule has 32 heavy (non-hydrogen) atoms. The summed E-state index contributed by atoms with van der Waals surface area (Å²) in [6.07, 6.45) is 5.61. The maximum Gasteiger partial charge on any atom is 0.341 e. The number of anilines is 1. The SMILES string of the molecule is CCOC(=O)c1c(NC(=O)NCC2CCN(C(=O)C(C)(C)CCl)CC2)sc2c1CCCC2. The number of halogens is 1. The molecular formula is C23H34ClN3O4S. The third-order valence-corrected chi connectivity index (χ3v) is 8.12. The Kier molecular flexibility index (Phi) is 8.44. The number of likely N-dealkylation sites (tertiary alicyclic amines) is 1. The highest BCUT2D eigenvalue weighted by molar-refractivity contribution is 7.17. The summed E-state index contributed by atoms with van der Waals surface area (Å²) < 4.78 is 5.25. The number of piperidine rings is 1. The third kappa shape index (κ3) is 5.76. The number of rotatable bonds is 7. The molecule has 1 aliphatic heterocycles. The molecule has 1 aromatic heterocycles. The molecule has 0 unspecified atom stereocenters. The zero-order valence-corrected chi connectivity index (χ0v) is 20.8. The van der Waals surface area contributed by atoms with Gasteiger partial charge < -0.3 is 15.0 Å². The van der Waals surface area contributed by atoms with Gasteiger partial charge in [-0.15, -0.1) is 22.9 Å². The van der Waals surface area contributed by atoms with Crippen molar-refractivity contribution in [1.82, 2.24) is 10.2 Å². The van der Waals surface area contributed by atoms with Gasteiger partial charge in [-0.3, -0.25) is 10.1 Å². The summed E-state index contributed by atoms with van der Waals surface area (Å²) in [4.78, 5) is 40.7. The van der Waals surface area contributed by atoms with E-state index in [0.29, 0.717) is 48.6 Å². The van der Waals surface area contributed by atoms with E-state index < -0.39 is 5.41 Å². The highest BCUT2D eigenvalue weighted by Gasteiger charge is 2.33. The van der Waals surface area contributed by atoms with Crippen LogP contribution in [0, 0.1) is 11.3 Å². The number of fused-ring (bicyclic) bond motifs is 1. The molecular weight excluding hydrogens is 450 g/mol. The van der Waals surface area contributed by atoms with E-state index in [4.69, 9.17) is 16.3 Å². The first kappa shape index (κ1) is 24.8. The number of hydrogen-bond donors (Lipinski definition) is 2. The molecule has 2 heterocycles. The number of urea groups is 1. The van der Waals surface area contributed by atoms with Gasteiger partial charge in [-0.2, -0.15) is 0 Å². The first-order valence-electron chi connectivity index (χ1n) is 11.5. The number of aryl methyl sites for hydroxylation is 1. The standard InChI is InChI=1S/C23H34ClN3O4S/c1-4-31-20(28)18-16-7-5-6-8-17(16)32-19(18)26-22(30)25-13-15-9-11-27(12-10-15)21(29)23(2,3)14-24/h15H,4-14H2,1-3H3,(H2,25,26,30). The number of amides is 3. The average Bonchev–Trinajstić information content (AvgIpc) is 3.15. The zero-order chi connectivity index (χ0) is 23.3. The van der Waals surface area contributed by atoms with E-state index in [1.54, 1.807) is 6.92 Å². The largest absolute Gasteiger partial charge is 0.462 e. The van der Waals surface area contributed by atoms with Gasteiger partial charge >= 0.3 is 12.0 Å².